The molecule has 1 aliphatic heterocycles. The maximum Gasteiger partial charge on any atom is 0.692 e. The number of rotatable bonds is 5. The van der Waals surface area contributed by atoms with Crippen LogP contribution in [0, 0.1) is 0 Å². The number of benzene rings is 2. The molecular formula is C19H19Cl2N3O6P+. The van der Waals surface area contributed by atoms with Crippen molar-refractivity contribution in [3.8, 4) is 11.5 Å². The lowest BCUT2D eigenvalue weighted by Crippen LogP contribution is -2.34. The molecule has 31 heavy (non-hydrogen) atoms. The van der Waals surface area contributed by atoms with Crippen molar-refractivity contribution in [2.45, 2.75) is 25.4 Å². The van der Waals surface area contributed by atoms with Gasteiger partial charge in [0.1, 0.15) is 30.7 Å². The first-order valence-corrected chi connectivity index (χ1v) is 10.9. The minimum absolute atomic E-state index is 0.0606. The number of halogens is 2. The first-order valence-electron chi connectivity index (χ1n) is 9.00. The zero-order chi connectivity index (χ0) is 22.4. The van der Waals surface area contributed by atoms with E-state index in [-0.39, 0.29) is 6.10 Å². The topological polar surface area (TPSA) is 116 Å². The highest BCUT2D eigenvalue weighted by molar-refractivity contribution is 7.30. The fourth-order valence-electron chi connectivity index (χ4n) is 2.99. The largest absolute Gasteiger partial charge is 0.692 e. The summed E-state index contributed by atoms with van der Waals surface area (Å²) in [4.78, 5) is 18.2. The summed E-state index contributed by atoms with van der Waals surface area (Å²) in [6.07, 6.45) is 3.02. The third kappa shape index (κ3) is 6.44. The van der Waals surface area contributed by atoms with Crippen LogP contribution in [0.25, 0.3) is 0 Å². The van der Waals surface area contributed by atoms with Crippen LogP contribution in [-0.2, 0) is 26.4 Å². The molecule has 0 saturated carbocycles. The van der Waals surface area contributed by atoms with Gasteiger partial charge in [-0.1, -0.05) is 23.2 Å². The maximum absolute atomic E-state index is 8.70. The van der Waals surface area contributed by atoms with Gasteiger partial charge < -0.3 is 14.2 Å². The molecule has 2 atom stereocenters. The van der Waals surface area contributed by atoms with Crippen molar-refractivity contribution in [2.24, 2.45) is 0 Å². The predicted octanol–water partition coefficient (Wildman–Crippen LogP) is 4.29. The van der Waals surface area contributed by atoms with Gasteiger partial charge >= 0.3 is 8.25 Å². The summed E-state index contributed by atoms with van der Waals surface area (Å²) in [6, 6.07) is 12.5. The molecule has 164 valence electrons. The normalized spacial score (nSPS) is 20.1. The molecule has 12 heteroatoms. The summed E-state index contributed by atoms with van der Waals surface area (Å²) >= 11 is 12.5. The van der Waals surface area contributed by atoms with Crippen molar-refractivity contribution >= 4 is 31.5 Å². The van der Waals surface area contributed by atoms with Crippen molar-refractivity contribution in [2.75, 3.05) is 6.61 Å². The number of hydrogen-bond donors (Lipinski definition) is 2. The Balaban J connectivity index is 0.000000628. The Morgan fingerprint density at radius 3 is 2.45 bits per heavy atom. The van der Waals surface area contributed by atoms with Crippen LogP contribution in [0.3, 0.4) is 0 Å². The van der Waals surface area contributed by atoms with Gasteiger partial charge in [-0.3, -0.25) is 0 Å². The quantitative estimate of drug-likeness (QED) is 0.512. The zero-order valence-corrected chi connectivity index (χ0v) is 18.7. The maximum atomic E-state index is 8.70. The van der Waals surface area contributed by atoms with E-state index in [0.717, 1.165) is 0 Å². The zero-order valence-electron chi connectivity index (χ0n) is 16.3. The predicted molar refractivity (Wildman–Crippen MR) is 113 cm³/mol. The minimum atomic E-state index is -2.87. The van der Waals surface area contributed by atoms with Crippen LogP contribution in [0.15, 0.2) is 55.1 Å². The number of aromatic nitrogens is 3. The van der Waals surface area contributed by atoms with E-state index in [4.69, 9.17) is 51.8 Å². The van der Waals surface area contributed by atoms with Crippen molar-refractivity contribution in [3.63, 3.8) is 0 Å². The molecule has 1 fully saturated rings. The van der Waals surface area contributed by atoms with Crippen LogP contribution in [0.4, 0.5) is 0 Å². The Morgan fingerprint density at radius 2 is 1.90 bits per heavy atom. The van der Waals surface area contributed by atoms with Gasteiger partial charge in [0, 0.05) is 15.2 Å². The van der Waals surface area contributed by atoms with Gasteiger partial charge in [-0.05, 0) is 49.4 Å². The summed E-state index contributed by atoms with van der Waals surface area (Å²) in [7, 11) is -2.87. The minimum Gasteiger partial charge on any atom is -0.457 e. The Bertz CT molecular complexity index is 1020. The van der Waals surface area contributed by atoms with Gasteiger partial charge in [0.25, 0.3) is 0 Å². The monoisotopic (exact) mass is 486 g/mol. The Labute approximate surface area is 189 Å². The highest BCUT2D eigenvalue weighted by atomic mass is 35.5. The second kappa shape index (κ2) is 10.5. The Kier molecular flexibility index (Phi) is 7.96. The van der Waals surface area contributed by atoms with Gasteiger partial charge in [0.05, 0.1) is 17.7 Å². The van der Waals surface area contributed by atoms with Crippen LogP contribution in [0.5, 0.6) is 11.5 Å². The van der Waals surface area contributed by atoms with E-state index in [1.165, 1.54) is 6.33 Å². The lowest BCUT2D eigenvalue weighted by Gasteiger charge is -2.29. The lowest BCUT2D eigenvalue weighted by molar-refractivity contribution is -0.186. The van der Waals surface area contributed by atoms with E-state index in [9.17, 15) is 0 Å². The summed E-state index contributed by atoms with van der Waals surface area (Å²) in [5.74, 6) is 0.249. The van der Waals surface area contributed by atoms with Gasteiger partial charge in [0.15, 0.2) is 0 Å². The summed E-state index contributed by atoms with van der Waals surface area (Å²) in [5, 5.41) is 5.28. The van der Waals surface area contributed by atoms with Gasteiger partial charge in [-0.25, -0.2) is 9.67 Å². The second-order valence-electron chi connectivity index (χ2n) is 6.54. The molecule has 4 rings (SSSR count). The molecule has 0 bridgehead atoms. The summed E-state index contributed by atoms with van der Waals surface area (Å²) in [5.41, 5.74) is 0.715. The number of ether oxygens (including phenoxy) is 3. The smallest absolute Gasteiger partial charge is 0.457 e. The molecule has 1 aromatic heterocycles. The van der Waals surface area contributed by atoms with Gasteiger partial charge in [-0.2, -0.15) is 5.10 Å². The molecule has 2 unspecified atom stereocenters. The first kappa shape index (κ1) is 23.6. The molecule has 2 aromatic carbocycles. The van der Waals surface area contributed by atoms with E-state index in [2.05, 4.69) is 10.1 Å². The molecule has 0 radical (unpaired) electrons. The average Bonchev–Trinajstić information content (AvgIpc) is 3.34. The first-order chi connectivity index (χ1) is 14.8. The molecule has 9 nitrogen and oxygen atoms in total. The lowest BCUT2D eigenvalue weighted by atomic mass is 10.1. The van der Waals surface area contributed by atoms with Crippen molar-refractivity contribution in [1.29, 1.82) is 0 Å². The molecule has 0 spiro atoms. The highest BCUT2D eigenvalue weighted by Crippen LogP contribution is 2.41. The SMILES string of the molecule is CC1COC(Cn2cncn2)(c2ccc(Oc3ccc(Cl)cc3)cc2Cl)O1.O=[P+](O)O. The standard InChI is InChI=1S/C19H17Cl2N3O3.HO3P/c1-13-9-25-19(27-13,10-24-12-22-11-23-24)17-7-6-16(8-18(17)21)26-15-4-2-14(20)3-5-15;1-4(2)3/h2-8,11-13H,9-10H2,1H3;(H-,1,2,3)/p+1. The van der Waals surface area contributed by atoms with Crippen molar-refractivity contribution < 1.29 is 28.6 Å². The van der Waals surface area contributed by atoms with E-state index >= 15 is 0 Å². The van der Waals surface area contributed by atoms with Crippen LogP contribution in [0.1, 0.15) is 12.5 Å². The van der Waals surface area contributed by atoms with Crippen LogP contribution in [0.2, 0.25) is 10.0 Å². The van der Waals surface area contributed by atoms with Crippen molar-refractivity contribution in [3.05, 3.63) is 70.7 Å². The summed E-state index contributed by atoms with van der Waals surface area (Å²) < 4.78 is 28.3. The molecule has 2 heterocycles. The molecular weight excluding hydrogens is 468 g/mol. The van der Waals surface area contributed by atoms with E-state index in [0.29, 0.717) is 40.3 Å². The third-order valence-electron chi connectivity index (χ3n) is 4.18. The number of nitrogens with zero attached hydrogens (tertiary/aromatic N) is 3. The fourth-order valence-corrected chi connectivity index (χ4v) is 3.43. The molecule has 0 amide bonds. The van der Waals surface area contributed by atoms with Gasteiger partial charge in [0.2, 0.25) is 5.79 Å². The third-order valence-corrected chi connectivity index (χ3v) is 4.74. The fraction of sp³-hybridized carbons (Fsp3) is 0.263. The molecule has 1 saturated heterocycles. The highest BCUT2D eigenvalue weighted by Gasteiger charge is 2.44. The molecule has 1 aliphatic rings. The molecule has 3 aromatic rings. The average molecular weight is 487 g/mol. The van der Waals surface area contributed by atoms with E-state index in [1.807, 2.05) is 19.1 Å². The van der Waals surface area contributed by atoms with E-state index < -0.39 is 14.0 Å². The Morgan fingerprint density at radius 1 is 1.23 bits per heavy atom. The molecule has 2 N–H and O–H groups in total. The second-order valence-corrected chi connectivity index (χ2v) is 7.88. The summed E-state index contributed by atoms with van der Waals surface area (Å²) in [6.45, 7) is 2.76. The van der Waals surface area contributed by atoms with Crippen LogP contribution in [-0.4, -0.2) is 37.3 Å². The number of hydrogen-bond acceptors (Lipinski definition) is 6. The Hall–Kier alpha value is -2.10. The molecule has 0 aliphatic carbocycles. The van der Waals surface area contributed by atoms with E-state index in [1.54, 1.807) is 41.3 Å². The van der Waals surface area contributed by atoms with Crippen molar-refractivity contribution in [1.82, 2.24) is 14.8 Å². The van der Waals surface area contributed by atoms with Gasteiger partial charge in [-0.15, -0.1) is 9.79 Å². The van der Waals surface area contributed by atoms with Crippen LogP contribution < -0.4 is 4.74 Å². The van der Waals surface area contributed by atoms with Crippen LogP contribution >= 0.6 is 31.5 Å².